The van der Waals surface area contributed by atoms with E-state index in [1.165, 1.54) is 0 Å². The number of likely N-dealkylation sites (N-methyl/N-ethyl adjacent to an activating group) is 1. The van der Waals surface area contributed by atoms with Crippen LogP contribution in [-0.2, 0) is 6.42 Å². The van der Waals surface area contributed by atoms with Crippen molar-refractivity contribution in [2.75, 3.05) is 25.5 Å². The van der Waals surface area contributed by atoms with E-state index in [1.807, 2.05) is 82.3 Å². The number of hydrogen-bond acceptors (Lipinski definition) is 7. The van der Waals surface area contributed by atoms with Crippen molar-refractivity contribution in [2.45, 2.75) is 59.1 Å². The van der Waals surface area contributed by atoms with Crippen LogP contribution in [0.5, 0.6) is 5.75 Å². The number of aromatic nitrogens is 3. The van der Waals surface area contributed by atoms with Crippen molar-refractivity contribution >= 4 is 34.0 Å². The molecule has 1 fully saturated rings. The first-order chi connectivity index (χ1) is 21.0. The molecule has 3 heterocycles. The van der Waals surface area contributed by atoms with Gasteiger partial charge < -0.3 is 15.0 Å². The van der Waals surface area contributed by atoms with E-state index in [-0.39, 0.29) is 23.4 Å². The van der Waals surface area contributed by atoms with Gasteiger partial charge in [0.15, 0.2) is 5.78 Å². The Labute approximate surface area is 258 Å². The number of allylic oxidation sites excluding steroid dienone is 1. The zero-order valence-corrected chi connectivity index (χ0v) is 26.3. The molecule has 4 aromatic rings. The molecule has 1 aliphatic heterocycles. The summed E-state index contributed by atoms with van der Waals surface area (Å²) in [6, 6.07) is 16.5. The number of rotatable bonds is 7. The van der Waals surface area contributed by atoms with Crippen LogP contribution in [0.4, 0.5) is 11.6 Å². The van der Waals surface area contributed by atoms with E-state index < -0.39 is 11.5 Å². The summed E-state index contributed by atoms with van der Waals surface area (Å²) < 4.78 is 7.81. The summed E-state index contributed by atoms with van der Waals surface area (Å²) in [6.45, 7) is 14.4. The Hall–Kier alpha value is -4.30. The summed E-state index contributed by atoms with van der Waals surface area (Å²) in [5, 5.41) is 3.96. The number of carbonyl (C=O) groups is 1. The zero-order valence-electron chi connectivity index (χ0n) is 26.3. The van der Waals surface area contributed by atoms with Crippen LogP contribution in [0, 0.1) is 11.3 Å². The first-order valence-electron chi connectivity index (χ1n) is 15.5. The monoisotopic (exact) mass is 591 g/mol. The number of piperidine rings is 1. The molecule has 2 aromatic heterocycles. The quantitative estimate of drug-likeness (QED) is 0.256. The van der Waals surface area contributed by atoms with Gasteiger partial charge in [-0.15, -0.1) is 0 Å². The molecule has 2 aliphatic rings. The number of carbonyl (C=O) groups excluding carboxylic acids is 1. The molecule has 2 atom stereocenters. The van der Waals surface area contributed by atoms with E-state index >= 15 is 0 Å². The Kier molecular flexibility index (Phi) is 7.88. The van der Waals surface area contributed by atoms with Gasteiger partial charge in [0.2, 0.25) is 5.95 Å². The van der Waals surface area contributed by atoms with Crippen LogP contribution in [0.2, 0.25) is 0 Å². The van der Waals surface area contributed by atoms with Crippen molar-refractivity contribution in [2.24, 2.45) is 11.3 Å². The lowest BCUT2D eigenvalue weighted by molar-refractivity contribution is 0.0780. The molecular formula is C36H41N5O3. The third-order valence-corrected chi connectivity index (χ3v) is 8.99. The number of anilines is 2. The topological polar surface area (TPSA) is 89.3 Å². The summed E-state index contributed by atoms with van der Waals surface area (Å²) in [5.74, 6) is 1.13. The fraction of sp³-hybridized carbons (Fsp3) is 0.389. The molecule has 6 rings (SSSR count). The molecule has 1 N–H and O–H groups in total. The summed E-state index contributed by atoms with van der Waals surface area (Å²) >= 11 is 0. The summed E-state index contributed by atoms with van der Waals surface area (Å²) in [6.07, 6.45) is 4.74. The van der Waals surface area contributed by atoms with Crippen molar-refractivity contribution in [3.63, 3.8) is 0 Å². The normalized spacial score (nSPS) is 20.0. The second-order valence-corrected chi connectivity index (χ2v) is 13.3. The number of pyridine rings is 1. The Morgan fingerprint density at radius 1 is 1.11 bits per heavy atom. The zero-order chi connectivity index (χ0) is 31.2. The Balaban J connectivity index is 1.39. The molecule has 228 valence electrons. The van der Waals surface area contributed by atoms with Gasteiger partial charge in [-0.1, -0.05) is 58.5 Å². The van der Waals surface area contributed by atoms with Gasteiger partial charge in [-0.25, -0.2) is 4.98 Å². The molecule has 8 nitrogen and oxygen atoms in total. The number of fused-ring (bicyclic) bond motifs is 2. The number of benzene rings is 2. The molecule has 2 aromatic carbocycles. The standard InChI is InChI=1S/C36H41N5O3/c1-22(2)23(3)30-18-25-20-37-35(38-26-13-15-27(16-14-26)44-28-11-9-17-40(6)21-28)39-33(25)41(34(30)43)32-31(42)29-12-8-7-10-24(29)19-36(32,4)5/h7-8,10,12-16,18,20,22,28,32H,3,9,11,17,19,21H2,1-2,4-6H3,(H,37,38,39). The number of ether oxygens (including phenoxy) is 1. The maximum atomic E-state index is 14.3. The number of ketones is 1. The van der Waals surface area contributed by atoms with Gasteiger partial charge in [-0.3, -0.25) is 14.2 Å². The number of likely N-dealkylation sites (tertiary alicyclic amines) is 1. The van der Waals surface area contributed by atoms with E-state index in [2.05, 4.69) is 28.8 Å². The minimum absolute atomic E-state index is 0.0530. The van der Waals surface area contributed by atoms with Crippen LogP contribution in [0.25, 0.3) is 16.6 Å². The van der Waals surface area contributed by atoms with Crippen molar-refractivity contribution in [3.05, 3.63) is 94.4 Å². The van der Waals surface area contributed by atoms with Crippen molar-refractivity contribution < 1.29 is 9.53 Å². The molecule has 44 heavy (non-hydrogen) atoms. The molecule has 0 radical (unpaired) electrons. The van der Waals surface area contributed by atoms with Crippen molar-refractivity contribution in [1.82, 2.24) is 19.4 Å². The minimum Gasteiger partial charge on any atom is -0.489 e. The maximum absolute atomic E-state index is 14.3. The third kappa shape index (κ3) is 5.66. The highest BCUT2D eigenvalue weighted by molar-refractivity contribution is 6.02. The number of hydrogen-bond donors (Lipinski definition) is 1. The van der Waals surface area contributed by atoms with E-state index in [0.717, 1.165) is 48.5 Å². The average Bonchev–Trinajstić information content (AvgIpc) is 2.98. The van der Waals surface area contributed by atoms with Crippen LogP contribution < -0.4 is 15.6 Å². The van der Waals surface area contributed by atoms with Crippen LogP contribution in [-0.4, -0.2) is 51.5 Å². The fourth-order valence-corrected chi connectivity index (χ4v) is 6.59. The highest BCUT2D eigenvalue weighted by Gasteiger charge is 2.44. The molecule has 0 amide bonds. The van der Waals surface area contributed by atoms with Crippen LogP contribution >= 0.6 is 0 Å². The van der Waals surface area contributed by atoms with E-state index in [1.54, 1.807) is 10.8 Å². The van der Waals surface area contributed by atoms with Gasteiger partial charge >= 0.3 is 0 Å². The number of Topliss-reactive ketones (excluding diaryl/α,β-unsaturated/α-hetero) is 1. The summed E-state index contributed by atoms with van der Waals surface area (Å²) in [5.41, 5.74) is 3.26. The van der Waals surface area contributed by atoms with Gasteiger partial charge in [0, 0.05) is 34.9 Å². The number of nitrogens with one attached hydrogen (secondary N) is 1. The number of nitrogens with zero attached hydrogens (tertiary/aromatic N) is 4. The molecular weight excluding hydrogens is 550 g/mol. The van der Waals surface area contributed by atoms with Gasteiger partial charge in [0.05, 0.1) is 0 Å². The predicted molar refractivity (Wildman–Crippen MR) is 176 cm³/mol. The largest absolute Gasteiger partial charge is 0.489 e. The molecule has 2 unspecified atom stereocenters. The second-order valence-electron chi connectivity index (χ2n) is 13.3. The predicted octanol–water partition coefficient (Wildman–Crippen LogP) is 6.68. The fourth-order valence-electron chi connectivity index (χ4n) is 6.59. The van der Waals surface area contributed by atoms with Crippen LogP contribution in [0.15, 0.2) is 72.2 Å². The lowest BCUT2D eigenvalue weighted by Gasteiger charge is -2.39. The Morgan fingerprint density at radius 2 is 1.86 bits per heavy atom. The minimum atomic E-state index is -0.745. The van der Waals surface area contributed by atoms with E-state index in [0.29, 0.717) is 34.5 Å². The molecule has 8 heteroatoms. The highest BCUT2D eigenvalue weighted by Crippen LogP contribution is 2.43. The summed E-state index contributed by atoms with van der Waals surface area (Å²) in [4.78, 5) is 40.2. The van der Waals surface area contributed by atoms with E-state index in [4.69, 9.17) is 9.72 Å². The third-order valence-electron chi connectivity index (χ3n) is 8.99. The molecule has 1 aliphatic carbocycles. The lowest BCUT2D eigenvalue weighted by atomic mass is 9.69. The van der Waals surface area contributed by atoms with Crippen molar-refractivity contribution in [1.29, 1.82) is 0 Å². The van der Waals surface area contributed by atoms with Crippen LogP contribution in [0.3, 0.4) is 0 Å². The first-order valence-corrected chi connectivity index (χ1v) is 15.5. The van der Waals surface area contributed by atoms with Crippen LogP contribution in [0.1, 0.15) is 68.1 Å². The van der Waals surface area contributed by atoms with Gasteiger partial charge in [0.25, 0.3) is 5.56 Å². The lowest BCUT2D eigenvalue weighted by Crippen LogP contribution is -2.44. The summed E-state index contributed by atoms with van der Waals surface area (Å²) in [7, 11) is 2.12. The SMILES string of the molecule is C=C(c1cc2cnc(Nc3ccc(OC4CCCN(C)C4)cc3)nc2n(C2C(=O)c3ccccc3CC2(C)C)c1=O)C(C)C. The second kappa shape index (κ2) is 11.7. The van der Waals surface area contributed by atoms with Gasteiger partial charge in [-0.2, -0.15) is 4.98 Å². The smallest absolute Gasteiger partial charge is 0.260 e. The first kappa shape index (κ1) is 29.8. The van der Waals surface area contributed by atoms with E-state index in [9.17, 15) is 9.59 Å². The Morgan fingerprint density at radius 3 is 2.59 bits per heavy atom. The molecule has 0 spiro atoms. The van der Waals surface area contributed by atoms with Gasteiger partial charge in [0.1, 0.15) is 23.5 Å². The average molecular weight is 592 g/mol. The van der Waals surface area contributed by atoms with Crippen molar-refractivity contribution in [3.8, 4) is 5.75 Å². The maximum Gasteiger partial charge on any atom is 0.260 e. The molecule has 0 bridgehead atoms. The highest BCUT2D eigenvalue weighted by atomic mass is 16.5. The Bertz CT molecular complexity index is 1790. The molecule has 0 saturated carbocycles. The van der Waals surface area contributed by atoms with Gasteiger partial charge in [-0.05, 0) is 85.7 Å². The molecule has 1 saturated heterocycles.